The average molecular weight is 679 g/mol. The molecule has 0 bridgehead atoms. The van der Waals surface area contributed by atoms with Crippen molar-refractivity contribution in [3.63, 3.8) is 0 Å². The molecule has 0 saturated heterocycles. The predicted octanol–water partition coefficient (Wildman–Crippen LogP) is 13.3. The molecule has 0 rings (SSSR count). The van der Waals surface area contributed by atoms with Crippen molar-refractivity contribution in [3.05, 3.63) is 12.2 Å². The van der Waals surface area contributed by atoms with E-state index in [9.17, 15) is 14.7 Å². The highest BCUT2D eigenvalue weighted by molar-refractivity contribution is 5.70. The third-order valence-corrected chi connectivity index (χ3v) is 9.56. The summed E-state index contributed by atoms with van der Waals surface area (Å²) in [5, 5.41) is 9.54. The largest absolute Gasteiger partial charge is 0.462 e. The summed E-state index contributed by atoms with van der Waals surface area (Å²) in [4.78, 5) is 24.2. The molecule has 0 aliphatic heterocycles. The Hall–Kier alpha value is -1.36. The van der Waals surface area contributed by atoms with E-state index in [-0.39, 0.29) is 25.2 Å². The van der Waals surface area contributed by atoms with Crippen LogP contribution < -0.4 is 0 Å². The van der Waals surface area contributed by atoms with Crippen LogP contribution in [0.4, 0.5) is 0 Å². The summed E-state index contributed by atoms with van der Waals surface area (Å²) >= 11 is 0. The minimum absolute atomic E-state index is 0.0710. The van der Waals surface area contributed by atoms with Crippen molar-refractivity contribution in [2.75, 3.05) is 13.2 Å². The molecule has 0 fully saturated rings. The van der Waals surface area contributed by atoms with Crippen LogP contribution in [0.3, 0.4) is 0 Å². The van der Waals surface area contributed by atoms with Gasteiger partial charge in [0.2, 0.25) is 0 Å². The summed E-state index contributed by atoms with van der Waals surface area (Å²) in [6, 6.07) is 0. The summed E-state index contributed by atoms with van der Waals surface area (Å²) < 4.78 is 10.6. The summed E-state index contributed by atoms with van der Waals surface area (Å²) in [5.74, 6) is -0.618. The van der Waals surface area contributed by atoms with E-state index in [1.54, 1.807) is 0 Å². The van der Waals surface area contributed by atoms with Gasteiger partial charge in [0.15, 0.2) is 6.10 Å². The van der Waals surface area contributed by atoms with Gasteiger partial charge in [0.25, 0.3) is 0 Å². The number of ether oxygens (including phenoxy) is 2. The van der Waals surface area contributed by atoms with E-state index in [0.29, 0.717) is 12.8 Å². The van der Waals surface area contributed by atoms with Gasteiger partial charge in [0.1, 0.15) is 6.61 Å². The molecule has 0 aromatic carbocycles. The number of aliphatic hydroxyl groups is 1. The first kappa shape index (κ1) is 46.6. The lowest BCUT2D eigenvalue weighted by Crippen LogP contribution is -2.28. The molecule has 0 aliphatic rings. The maximum atomic E-state index is 12.2. The van der Waals surface area contributed by atoms with E-state index in [4.69, 9.17) is 9.47 Å². The van der Waals surface area contributed by atoms with Gasteiger partial charge in [0, 0.05) is 12.8 Å². The van der Waals surface area contributed by atoms with Gasteiger partial charge in [-0.1, -0.05) is 199 Å². The van der Waals surface area contributed by atoms with E-state index in [0.717, 1.165) is 38.5 Å². The van der Waals surface area contributed by atoms with Crippen LogP contribution in [0.1, 0.15) is 232 Å². The molecular formula is C43H82O5. The van der Waals surface area contributed by atoms with Crippen LogP contribution in [-0.4, -0.2) is 36.4 Å². The number of carbonyl (C=O) groups excluding carboxylic acids is 2. The Bertz CT molecular complexity index is 691. The predicted molar refractivity (Wildman–Crippen MR) is 205 cm³/mol. The minimum Gasteiger partial charge on any atom is -0.462 e. The van der Waals surface area contributed by atoms with E-state index in [1.165, 1.54) is 167 Å². The van der Waals surface area contributed by atoms with Gasteiger partial charge in [-0.3, -0.25) is 9.59 Å². The highest BCUT2D eigenvalue weighted by atomic mass is 16.6. The second-order valence-corrected chi connectivity index (χ2v) is 14.4. The van der Waals surface area contributed by atoms with Gasteiger partial charge >= 0.3 is 11.9 Å². The van der Waals surface area contributed by atoms with E-state index >= 15 is 0 Å². The number of hydrogen-bond donors (Lipinski definition) is 1. The Labute approximate surface area is 299 Å². The normalized spacial score (nSPS) is 12.1. The number of rotatable bonds is 39. The lowest BCUT2D eigenvalue weighted by atomic mass is 10.0. The fourth-order valence-corrected chi connectivity index (χ4v) is 6.32. The number of esters is 2. The zero-order valence-corrected chi connectivity index (χ0v) is 32.3. The van der Waals surface area contributed by atoms with E-state index < -0.39 is 6.10 Å². The van der Waals surface area contributed by atoms with Crippen molar-refractivity contribution < 1.29 is 24.2 Å². The molecule has 284 valence electrons. The SMILES string of the molecule is CCCCCCCCCCCCCCCCCCCC/C=C/CCCC(=O)O[C@@H](CO)COC(=O)CCCCCCCCCCCCC. The number of allylic oxidation sites excluding steroid dienone is 2. The van der Waals surface area contributed by atoms with Crippen molar-refractivity contribution in [3.8, 4) is 0 Å². The van der Waals surface area contributed by atoms with Gasteiger partial charge in [-0.05, 0) is 32.1 Å². The average Bonchev–Trinajstić information content (AvgIpc) is 3.09. The third-order valence-electron chi connectivity index (χ3n) is 9.56. The Morgan fingerprint density at radius 1 is 0.458 bits per heavy atom. The second-order valence-electron chi connectivity index (χ2n) is 14.4. The van der Waals surface area contributed by atoms with Crippen LogP contribution >= 0.6 is 0 Å². The molecule has 0 heterocycles. The third kappa shape index (κ3) is 37.5. The van der Waals surface area contributed by atoms with Crippen molar-refractivity contribution in [2.24, 2.45) is 0 Å². The fourth-order valence-electron chi connectivity index (χ4n) is 6.32. The number of carbonyl (C=O) groups is 2. The Kier molecular flexibility index (Phi) is 38.9. The molecule has 0 amide bonds. The smallest absolute Gasteiger partial charge is 0.306 e. The molecule has 0 saturated carbocycles. The van der Waals surface area contributed by atoms with Crippen LogP contribution in [0.25, 0.3) is 0 Å². The topological polar surface area (TPSA) is 72.8 Å². The van der Waals surface area contributed by atoms with Gasteiger partial charge in [0.05, 0.1) is 6.61 Å². The van der Waals surface area contributed by atoms with Gasteiger partial charge in [-0.15, -0.1) is 0 Å². The fraction of sp³-hybridized carbons (Fsp3) is 0.907. The zero-order chi connectivity index (χ0) is 35.0. The minimum atomic E-state index is -0.779. The van der Waals surface area contributed by atoms with Crippen LogP contribution in [-0.2, 0) is 19.1 Å². The molecule has 1 N–H and O–H groups in total. The maximum Gasteiger partial charge on any atom is 0.306 e. The molecule has 48 heavy (non-hydrogen) atoms. The summed E-state index contributed by atoms with van der Waals surface area (Å²) in [5.41, 5.74) is 0. The molecular weight excluding hydrogens is 596 g/mol. The Balaban J connectivity index is 3.49. The molecule has 0 aromatic rings. The summed E-state index contributed by atoms with van der Waals surface area (Å²) in [7, 11) is 0. The van der Waals surface area contributed by atoms with Crippen molar-refractivity contribution in [1.29, 1.82) is 0 Å². The second kappa shape index (κ2) is 40.1. The quantitative estimate of drug-likeness (QED) is 0.0398. The number of unbranched alkanes of at least 4 members (excludes halogenated alkanes) is 29. The van der Waals surface area contributed by atoms with E-state index in [1.807, 2.05) is 0 Å². The summed E-state index contributed by atoms with van der Waals surface area (Å²) in [6.45, 7) is 4.13. The zero-order valence-electron chi connectivity index (χ0n) is 32.3. The Morgan fingerprint density at radius 2 is 0.792 bits per heavy atom. The van der Waals surface area contributed by atoms with Gasteiger partial charge < -0.3 is 14.6 Å². The van der Waals surface area contributed by atoms with E-state index in [2.05, 4.69) is 26.0 Å². The highest BCUT2D eigenvalue weighted by Gasteiger charge is 2.16. The first-order valence-electron chi connectivity index (χ1n) is 21.2. The van der Waals surface area contributed by atoms with Gasteiger partial charge in [-0.2, -0.15) is 0 Å². The van der Waals surface area contributed by atoms with Crippen molar-refractivity contribution in [2.45, 2.75) is 238 Å². The highest BCUT2D eigenvalue weighted by Crippen LogP contribution is 2.15. The lowest BCUT2D eigenvalue weighted by Gasteiger charge is -2.15. The standard InChI is InChI=1S/C43H82O5/c1-3-5-7-9-11-13-15-16-17-18-19-20-21-22-23-24-25-26-28-30-32-34-36-38-43(46)48-41(39-44)40-47-42(45)37-35-33-31-29-27-14-12-10-8-6-4-2/h30,32,41,44H,3-29,31,33-40H2,1-2H3/b32-30+/t41-/m0/s1. The van der Waals surface area contributed by atoms with Crippen LogP contribution in [0.15, 0.2) is 12.2 Å². The van der Waals surface area contributed by atoms with Gasteiger partial charge in [-0.25, -0.2) is 0 Å². The molecule has 5 heteroatoms. The molecule has 0 aliphatic carbocycles. The molecule has 1 atom stereocenters. The Morgan fingerprint density at radius 3 is 1.19 bits per heavy atom. The monoisotopic (exact) mass is 679 g/mol. The first-order valence-corrected chi connectivity index (χ1v) is 21.2. The summed E-state index contributed by atoms with van der Waals surface area (Å²) in [6.07, 6.45) is 45.8. The molecule has 5 nitrogen and oxygen atoms in total. The van der Waals surface area contributed by atoms with Crippen LogP contribution in [0, 0.1) is 0 Å². The number of aliphatic hydroxyl groups excluding tert-OH is 1. The maximum absolute atomic E-state index is 12.2. The molecule has 0 aromatic heterocycles. The van der Waals surface area contributed by atoms with Crippen LogP contribution in [0.2, 0.25) is 0 Å². The van der Waals surface area contributed by atoms with Crippen molar-refractivity contribution in [1.82, 2.24) is 0 Å². The van der Waals surface area contributed by atoms with Crippen molar-refractivity contribution >= 4 is 11.9 Å². The first-order chi connectivity index (χ1) is 23.6. The molecule has 0 unspecified atom stereocenters. The van der Waals surface area contributed by atoms with Crippen LogP contribution in [0.5, 0.6) is 0 Å². The molecule has 0 spiro atoms. The molecule has 0 radical (unpaired) electrons. The number of hydrogen-bond acceptors (Lipinski definition) is 5. The lowest BCUT2D eigenvalue weighted by molar-refractivity contribution is -0.161.